The number of amides is 1. The fourth-order valence-corrected chi connectivity index (χ4v) is 5.37. The van der Waals surface area contributed by atoms with Crippen molar-refractivity contribution in [1.29, 1.82) is 0 Å². The van der Waals surface area contributed by atoms with Crippen molar-refractivity contribution in [3.05, 3.63) is 0 Å². The Hall–Kier alpha value is -0.570. The molecule has 0 aromatic rings. The van der Waals surface area contributed by atoms with Gasteiger partial charge in [0.15, 0.2) is 0 Å². The third-order valence-electron chi connectivity index (χ3n) is 5.97. The van der Waals surface area contributed by atoms with Crippen molar-refractivity contribution in [3.8, 4) is 0 Å². The first-order chi connectivity index (χ1) is 8.31. The number of ether oxygens (including phenoxy) is 1. The molecule has 5 atom stereocenters. The average molecular weight is 235 g/mol. The third kappa shape index (κ3) is 1.14. The largest absolute Gasteiger partial charge is 0.362 e. The smallest absolute Gasteiger partial charge is 0.207 e. The van der Waals surface area contributed by atoms with Crippen molar-refractivity contribution in [2.45, 2.75) is 68.6 Å². The summed E-state index contributed by atoms with van der Waals surface area (Å²) in [4.78, 5) is 10.8. The average Bonchev–Trinajstić information content (AvgIpc) is 3.00. The van der Waals surface area contributed by atoms with Gasteiger partial charge < -0.3 is 10.1 Å². The molecule has 1 heterocycles. The Morgan fingerprint density at radius 3 is 2.94 bits per heavy atom. The fraction of sp³-hybridized carbons (Fsp3) is 0.929. The second-order valence-corrected chi connectivity index (χ2v) is 6.50. The highest BCUT2D eigenvalue weighted by Gasteiger charge is 2.77. The monoisotopic (exact) mass is 235 g/mol. The highest BCUT2D eigenvalue weighted by atomic mass is 16.6. The topological polar surface area (TPSA) is 41.6 Å². The van der Waals surface area contributed by atoms with Crippen LogP contribution in [0.25, 0.3) is 0 Å². The molecule has 94 valence electrons. The number of rotatable bonds is 2. The van der Waals surface area contributed by atoms with E-state index in [1.54, 1.807) is 0 Å². The van der Waals surface area contributed by atoms with E-state index in [-0.39, 0.29) is 11.2 Å². The van der Waals surface area contributed by atoms with Gasteiger partial charge in [-0.05, 0) is 38.0 Å². The van der Waals surface area contributed by atoms with Gasteiger partial charge in [-0.15, -0.1) is 0 Å². The molecule has 4 fully saturated rings. The second kappa shape index (κ2) is 3.25. The summed E-state index contributed by atoms with van der Waals surface area (Å²) in [5.41, 5.74) is 0.408. The molecule has 1 amide bonds. The van der Waals surface area contributed by atoms with Crippen molar-refractivity contribution in [3.63, 3.8) is 0 Å². The molecule has 0 spiro atoms. The van der Waals surface area contributed by atoms with Crippen molar-refractivity contribution < 1.29 is 9.53 Å². The summed E-state index contributed by atoms with van der Waals surface area (Å²) in [7, 11) is 0. The van der Waals surface area contributed by atoms with Gasteiger partial charge in [-0.3, -0.25) is 4.79 Å². The molecule has 1 N–H and O–H groups in total. The van der Waals surface area contributed by atoms with Crippen LogP contribution in [0.2, 0.25) is 0 Å². The minimum absolute atomic E-state index is 0.169. The summed E-state index contributed by atoms with van der Waals surface area (Å²) < 4.78 is 6.35. The number of fused-ring (bicyclic) bond motifs is 2. The highest BCUT2D eigenvalue weighted by molar-refractivity contribution is 5.48. The maximum absolute atomic E-state index is 10.8. The number of hydrogen-bond acceptors (Lipinski definition) is 2. The molecule has 1 aliphatic heterocycles. The molecule has 1 saturated heterocycles. The zero-order valence-electron chi connectivity index (χ0n) is 10.3. The van der Waals surface area contributed by atoms with E-state index in [0.717, 1.165) is 6.41 Å². The van der Waals surface area contributed by atoms with E-state index in [0.29, 0.717) is 17.9 Å². The standard InChI is InChI=1S/C14H21NO2/c16-9-15-12-10-4-3-5-11(12)14-7-2-1-6-13(14,8-10)17-14/h9-12H,1-8H2,(H,15,16)/t10?,11-,12-,13+,14-/m1/s1. The van der Waals surface area contributed by atoms with Crippen molar-refractivity contribution >= 4 is 6.41 Å². The normalized spacial score (nSPS) is 55.4. The molecule has 0 aromatic heterocycles. The molecule has 4 aliphatic rings. The molecule has 3 aliphatic carbocycles. The Morgan fingerprint density at radius 2 is 2.06 bits per heavy atom. The Labute approximate surface area is 102 Å². The molecule has 3 saturated carbocycles. The molecule has 3 nitrogen and oxygen atoms in total. The molecule has 2 bridgehead atoms. The van der Waals surface area contributed by atoms with E-state index in [4.69, 9.17) is 4.74 Å². The van der Waals surface area contributed by atoms with Gasteiger partial charge in [-0.1, -0.05) is 19.3 Å². The van der Waals surface area contributed by atoms with E-state index < -0.39 is 0 Å². The first-order valence-electron chi connectivity index (χ1n) is 7.21. The van der Waals surface area contributed by atoms with Gasteiger partial charge in [-0.2, -0.15) is 0 Å². The van der Waals surface area contributed by atoms with E-state index in [9.17, 15) is 4.79 Å². The first-order valence-corrected chi connectivity index (χ1v) is 7.21. The van der Waals surface area contributed by atoms with Crippen LogP contribution < -0.4 is 5.32 Å². The van der Waals surface area contributed by atoms with Crippen molar-refractivity contribution in [2.75, 3.05) is 0 Å². The van der Waals surface area contributed by atoms with Crippen LogP contribution >= 0.6 is 0 Å². The molecule has 17 heavy (non-hydrogen) atoms. The fourth-order valence-electron chi connectivity index (χ4n) is 5.37. The van der Waals surface area contributed by atoms with Crippen molar-refractivity contribution in [2.24, 2.45) is 11.8 Å². The summed E-state index contributed by atoms with van der Waals surface area (Å²) >= 11 is 0. The minimum atomic E-state index is 0.169. The maximum Gasteiger partial charge on any atom is 0.207 e. The summed E-state index contributed by atoms with van der Waals surface area (Å²) in [5, 5.41) is 3.11. The van der Waals surface area contributed by atoms with E-state index in [2.05, 4.69) is 5.32 Å². The predicted octanol–water partition coefficient (Wildman–Crippen LogP) is 2.00. The lowest BCUT2D eigenvalue weighted by Gasteiger charge is -2.48. The van der Waals surface area contributed by atoms with Crippen molar-refractivity contribution in [1.82, 2.24) is 5.32 Å². The SMILES string of the molecule is O=CN[C@@H]1C2CCC[C@H]1[C@]13CCCC[C@@]1(C2)O3. The Balaban J connectivity index is 1.69. The third-order valence-corrected chi connectivity index (χ3v) is 5.97. The number of epoxide rings is 1. The molecule has 0 radical (unpaired) electrons. The predicted molar refractivity (Wildman–Crippen MR) is 63.5 cm³/mol. The maximum atomic E-state index is 10.8. The Bertz CT molecular complexity index is 358. The summed E-state index contributed by atoms with van der Waals surface area (Å²) in [5.74, 6) is 1.27. The van der Waals surface area contributed by atoms with Gasteiger partial charge in [0.2, 0.25) is 6.41 Å². The Kier molecular flexibility index (Phi) is 1.98. The minimum Gasteiger partial charge on any atom is -0.362 e. The molecular formula is C14H21NO2. The van der Waals surface area contributed by atoms with Gasteiger partial charge in [0.05, 0.1) is 5.60 Å². The Morgan fingerprint density at radius 1 is 1.18 bits per heavy atom. The van der Waals surface area contributed by atoms with Crippen LogP contribution in [0.3, 0.4) is 0 Å². The number of hydrogen-bond donors (Lipinski definition) is 1. The van der Waals surface area contributed by atoms with Crippen LogP contribution in [0, 0.1) is 11.8 Å². The summed E-state index contributed by atoms with van der Waals surface area (Å²) in [6, 6.07) is 0.398. The van der Waals surface area contributed by atoms with Gasteiger partial charge in [0, 0.05) is 12.0 Å². The lowest BCUT2D eigenvalue weighted by atomic mass is 9.56. The van der Waals surface area contributed by atoms with Crippen LogP contribution in [0.1, 0.15) is 51.4 Å². The molecule has 4 rings (SSSR count). The van der Waals surface area contributed by atoms with E-state index in [1.807, 2.05) is 0 Å². The molecular weight excluding hydrogens is 214 g/mol. The van der Waals surface area contributed by atoms with Gasteiger partial charge >= 0.3 is 0 Å². The molecule has 3 heteroatoms. The molecule has 0 aromatic carbocycles. The van der Waals surface area contributed by atoms with Gasteiger partial charge in [0.1, 0.15) is 5.60 Å². The zero-order valence-corrected chi connectivity index (χ0v) is 10.3. The molecule has 1 unspecified atom stereocenters. The first kappa shape index (κ1) is 10.4. The lowest BCUT2D eigenvalue weighted by molar-refractivity contribution is -0.111. The van der Waals surface area contributed by atoms with Crippen LogP contribution in [0.5, 0.6) is 0 Å². The zero-order chi connectivity index (χ0) is 11.5. The quantitative estimate of drug-likeness (QED) is 0.587. The van der Waals surface area contributed by atoms with E-state index >= 15 is 0 Å². The van der Waals surface area contributed by atoms with Crippen LogP contribution in [-0.2, 0) is 9.53 Å². The van der Waals surface area contributed by atoms with Crippen LogP contribution in [0.4, 0.5) is 0 Å². The highest BCUT2D eigenvalue weighted by Crippen LogP contribution is 2.70. The van der Waals surface area contributed by atoms with Crippen LogP contribution in [-0.4, -0.2) is 23.7 Å². The number of nitrogens with one attached hydrogen (secondary N) is 1. The summed E-state index contributed by atoms with van der Waals surface area (Å²) in [6.45, 7) is 0. The van der Waals surface area contributed by atoms with Gasteiger partial charge in [-0.25, -0.2) is 0 Å². The number of carbonyl (C=O) groups is 1. The van der Waals surface area contributed by atoms with Crippen LogP contribution in [0.15, 0.2) is 0 Å². The lowest BCUT2D eigenvalue weighted by Crippen LogP contribution is -2.57. The number of carbonyl (C=O) groups excluding carboxylic acids is 1. The van der Waals surface area contributed by atoms with E-state index in [1.165, 1.54) is 51.4 Å². The summed E-state index contributed by atoms with van der Waals surface area (Å²) in [6.07, 6.45) is 11.1. The second-order valence-electron chi connectivity index (χ2n) is 6.50. The van der Waals surface area contributed by atoms with Gasteiger partial charge in [0.25, 0.3) is 0 Å².